The van der Waals surface area contributed by atoms with Gasteiger partial charge in [-0.25, -0.2) is 9.97 Å². The molecule has 0 unspecified atom stereocenters. The van der Waals surface area contributed by atoms with Crippen LogP contribution in [0.1, 0.15) is 34.5 Å². The van der Waals surface area contributed by atoms with E-state index in [0.29, 0.717) is 43.9 Å². The molecule has 6 nitrogen and oxygen atoms in total. The van der Waals surface area contributed by atoms with Crippen LogP contribution in [0.25, 0.3) is 21.5 Å². The molecule has 2 heterocycles. The fourth-order valence-corrected chi connectivity index (χ4v) is 4.73. The van der Waals surface area contributed by atoms with Gasteiger partial charge < -0.3 is 9.88 Å². The van der Waals surface area contributed by atoms with Crippen molar-refractivity contribution < 1.29 is 4.79 Å². The highest BCUT2D eigenvalue weighted by Gasteiger charge is 2.23. The van der Waals surface area contributed by atoms with E-state index in [4.69, 9.17) is 23.2 Å². The summed E-state index contributed by atoms with van der Waals surface area (Å²) < 4.78 is 0. The molecular formula is C23H20Cl2N4O2S. The molecule has 1 N–H and O–H groups in total. The number of fused-ring (bicyclic) bond motifs is 1. The third-order valence-corrected chi connectivity index (χ3v) is 6.60. The molecule has 0 atom stereocenters. The summed E-state index contributed by atoms with van der Waals surface area (Å²) in [6, 6.07) is 12.3. The molecule has 2 aromatic heterocycles. The Hall–Kier alpha value is -2.74. The van der Waals surface area contributed by atoms with Gasteiger partial charge in [0.2, 0.25) is 0 Å². The van der Waals surface area contributed by atoms with Gasteiger partial charge >= 0.3 is 0 Å². The Kier molecular flexibility index (Phi) is 6.60. The predicted molar refractivity (Wildman–Crippen MR) is 130 cm³/mol. The maximum absolute atomic E-state index is 13.4. The normalized spacial score (nSPS) is 11.1. The summed E-state index contributed by atoms with van der Waals surface area (Å²) in [5.74, 6) is 0.266. The third-order valence-electron chi connectivity index (χ3n) is 4.92. The number of aromatic amines is 1. The monoisotopic (exact) mass is 486 g/mol. The minimum Gasteiger partial charge on any atom is -0.330 e. The summed E-state index contributed by atoms with van der Waals surface area (Å²) in [6.07, 6.45) is 0.761. The number of hydrogen-bond acceptors (Lipinski definition) is 5. The maximum Gasteiger partial charge on any atom is 0.266 e. The van der Waals surface area contributed by atoms with E-state index in [9.17, 15) is 9.59 Å². The number of halogens is 2. The highest BCUT2D eigenvalue weighted by atomic mass is 35.5. The molecule has 0 saturated heterocycles. The van der Waals surface area contributed by atoms with Gasteiger partial charge in [0.05, 0.1) is 23.1 Å². The van der Waals surface area contributed by atoms with Crippen molar-refractivity contribution in [2.75, 3.05) is 6.54 Å². The Bertz CT molecular complexity index is 1350. The fourth-order valence-electron chi connectivity index (χ4n) is 3.39. The van der Waals surface area contributed by atoms with Crippen molar-refractivity contribution in [1.82, 2.24) is 19.9 Å². The smallest absolute Gasteiger partial charge is 0.266 e. The molecule has 0 aliphatic rings. The highest BCUT2D eigenvalue weighted by Crippen LogP contribution is 2.30. The van der Waals surface area contributed by atoms with Gasteiger partial charge in [0.15, 0.2) is 0 Å². The number of nitrogens with zero attached hydrogens (tertiary/aromatic N) is 3. The van der Waals surface area contributed by atoms with Crippen LogP contribution < -0.4 is 5.56 Å². The van der Waals surface area contributed by atoms with Gasteiger partial charge in [-0.15, -0.1) is 11.3 Å². The van der Waals surface area contributed by atoms with Gasteiger partial charge in [-0.05, 0) is 43.7 Å². The van der Waals surface area contributed by atoms with Crippen LogP contribution in [0.5, 0.6) is 0 Å². The standard InChI is InChI=1S/C23H20Cl2N4O2S/c1-3-10-29(12-19-27-18-11-16(25)8-9-17(18)21(30)28-19)23(31)20-13(2)26-22(32-20)14-4-6-15(24)7-5-14/h4-9,11H,3,10,12H2,1-2H3,(H,27,28,30). The first-order valence-corrected chi connectivity index (χ1v) is 11.6. The molecule has 0 fully saturated rings. The average Bonchev–Trinajstić information content (AvgIpc) is 3.14. The van der Waals surface area contributed by atoms with Gasteiger partial charge in [-0.1, -0.05) is 42.3 Å². The Morgan fingerprint density at radius 2 is 1.81 bits per heavy atom. The number of benzene rings is 2. The fraction of sp³-hybridized carbons (Fsp3) is 0.217. The minimum absolute atomic E-state index is 0.143. The Balaban J connectivity index is 1.64. The summed E-state index contributed by atoms with van der Waals surface area (Å²) in [7, 11) is 0. The van der Waals surface area contributed by atoms with Crippen molar-refractivity contribution in [3.05, 3.63) is 79.3 Å². The first-order valence-electron chi connectivity index (χ1n) is 10.1. The SMILES string of the molecule is CCCN(Cc1nc2cc(Cl)ccc2c(=O)[nH]1)C(=O)c1sc(-c2ccc(Cl)cc2)nc1C. The zero-order chi connectivity index (χ0) is 22.8. The van der Waals surface area contributed by atoms with Crippen molar-refractivity contribution in [1.29, 1.82) is 0 Å². The molecule has 2 aromatic carbocycles. The minimum atomic E-state index is -0.260. The number of nitrogens with one attached hydrogen (secondary N) is 1. The number of carbonyl (C=O) groups is 1. The van der Waals surface area contributed by atoms with E-state index >= 15 is 0 Å². The van der Waals surface area contributed by atoms with E-state index in [1.165, 1.54) is 11.3 Å². The van der Waals surface area contributed by atoms with Crippen LogP contribution in [-0.4, -0.2) is 32.3 Å². The van der Waals surface area contributed by atoms with Gasteiger partial charge in [-0.2, -0.15) is 0 Å². The topological polar surface area (TPSA) is 79.0 Å². The number of rotatable bonds is 6. The number of carbonyl (C=O) groups excluding carboxylic acids is 1. The molecule has 0 spiro atoms. The molecule has 32 heavy (non-hydrogen) atoms. The van der Waals surface area contributed by atoms with Crippen molar-refractivity contribution >= 4 is 51.3 Å². The van der Waals surface area contributed by atoms with E-state index in [0.717, 1.165) is 17.0 Å². The number of hydrogen-bond donors (Lipinski definition) is 1. The quantitative estimate of drug-likeness (QED) is 0.378. The van der Waals surface area contributed by atoms with Crippen molar-refractivity contribution in [3.63, 3.8) is 0 Å². The summed E-state index contributed by atoms with van der Waals surface area (Å²) in [5, 5.41) is 2.35. The van der Waals surface area contributed by atoms with Gasteiger partial charge in [0.1, 0.15) is 15.7 Å². The van der Waals surface area contributed by atoms with Crippen molar-refractivity contribution in [3.8, 4) is 10.6 Å². The average molecular weight is 487 g/mol. The van der Waals surface area contributed by atoms with Gasteiger partial charge in [0, 0.05) is 22.2 Å². The predicted octanol–water partition coefficient (Wildman–Crippen LogP) is 5.71. The Morgan fingerprint density at radius 3 is 2.53 bits per heavy atom. The molecule has 0 aliphatic carbocycles. The maximum atomic E-state index is 13.4. The van der Waals surface area contributed by atoms with Crippen molar-refractivity contribution in [2.24, 2.45) is 0 Å². The van der Waals surface area contributed by atoms with Gasteiger partial charge in [-0.3, -0.25) is 9.59 Å². The molecule has 0 saturated carbocycles. The molecule has 0 bridgehead atoms. The van der Waals surface area contributed by atoms with E-state index in [1.807, 2.05) is 26.0 Å². The second kappa shape index (κ2) is 9.40. The zero-order valence-corrected chi connectivity index (χ0v) is 19.8. The summed E-state index contributed by atoms with van der Waals surface area (Å²) >= 11 is 13.4. The van der Waals surface area contributed by atoms with Crippen LogP contribution in [0.3, 0.4) is 0 Å². The van der Waals surface area contributed by atoms with Crippen molar-refractivity contribution in [2.45, 2.75) is 26.8 Å². The molecule has 164 valence electrons. The zero-order valence-electron chi connectivity index (χ0n) is 17.5. The lowest BCUT2D eigenvalue weighted by molar-refractivity contribution is 0.0743. The Morgan fingerprint density at radius 1 is 1.09 bits per heavy atom. The lowest BCUT2D eigenvalue weighted by Gasteiger charge is -2.21. The number of aromatic nitrogens is 3. The van der Waals surface area contributed by atoms with Crippen LogP contribution in [-0.2, 0) is 6.54 Å². The van der Waals surface area contributed by atoms with E-state index < -0.39 is 0 Å². The lowest BCUT2D eigenvalue weighted by Crippen LogP contribution is -2.32. The molecular weight excluding hydrogens is 467 g/mol. The van der Waals surface area contributed by atoms with E-state index in [-0.39, 0.29) is 18.0 Å². The molecule has 9 heteroatoms. The van der Waals surface area contributed by atoms with Crippen LogP contribution in [0, 0.1) is 6.92 Å². The molecule has 0 radical (unpaired) electrons. The number of H-pyrrole nitrogens is 1. The largest absolute Gasteiger partial charge is 0.330 e. The van der Waals surface area contributed by atoms with Crippen LogP contribution in [0.15, 0.2) is 47.3 Å². The first kappa shape index (κ1) is 22.5. The summed E-state index contributed by atoms with van der Waals surface area (Å²) in [6.45, 7) is 4.52. The highest BCUT2D eigenvalue weighted by molar-refractivity contribution is 7.17. The van der Waals surface area contributed by atoms with Crippen LogP contribution in [0.2, 0.25) is 10.0 Å². The third kappa shape index (κ3) is 4.70. The number of thiazole rings is 1. The summed E-state index contributed by atoms with van der Waals surface area (Å²) in [5.41, 5.74) is 1.81. The second-order valence-electron chi connectivity index (χ2n) is 7.34. The van der Waals surface area contributed by atoms with Gasteiger partial charge in [0.25, 0.3) is 11.5 Å². The van der Waals surface area contributed by atoms with Crippen LogP contribution in [0.4, 0.5) is 0 Å². The second-order valence-corrected chi connectivity index (χ2v) is 9.21. The lowest BCUT2D eigenvalue weighted by atomic mass is 10.2. The molecule has 4 aromatic rings. The molecule has 0 aliphatic heterocycles. The molecule has 4 rings (SSSR count). The Labute approximate surface area is 198 Å². The first-order chi connectivity index (χ1) is 15.4. The summed E-state index contributed by atoms with van der Waals surface area (Å²) in [4.78, 5) is 40.0. The van der Waals surface area contributed by atoms with E-state index in [1.54, 1.807) is 35.2 Å². The van der Waals surface area contributed by atoms with E-state index in [2.05, 4.69) is 15.0 Å². The molecule has 1 amide bonds. The number of aryl methyl sites for hydroxylation is 1. The number of amides is 1. The van der Waals surface area contributed by atoms with Crippen LogP contribution >= 0.6 is 34.5 Å².